The van der Waals surface area contributed by atoms with E-state index in [2.05, 4.69) is 11.3 Å². The van der Waals surface area contributed by atoms with Gasteiger partial charge < -0.3 is 19.1 Å². The fourth-order valence-electron chi connectivity index (χ4n) is 3.01. The molecule has 0 saturated heterocycles. The summed E-state index contributed by atoms with van der Waals surface area (Å²) >= 11 is 0. The number of hydrogen-bond acceptors (Lipinski definition) is 7. The summed E-state index contributed by atoms with van der Waals surface area (Å²) in [6.45, 7) is 4.51. The molecule has 184 valence electrons. The van der Waals surface area contributed by atoms with Crippen LogP contribution in [0.5, 0.6) is 0 Å². The van der Waals surface area contributed by atoms with Gasteiger partial charge in [0.05, 0.1) is 15.9 Å². The summed E-state index contributed by atoms with van der Waals surface area (Å²) in [6, 6.07) is 0. The Balaban J connectivity index is 2.56. The van der Waals surface area contributed by atoms with Gasteiger partial charge in [-0.25, -0.2) is 13.2 Å². The van der Waals surface area contributed by atoms with Crippen LogP contribution >= 0.6 is 0 Å². The van der Waals surface area contributed by atoms with Crippen molar-refractivity contribution in [3.63, 3.8) is 0 Å². The van der Waals surface area contributed by atoms with Gasteiger partial charge >= 0.3 is 18.3 Å². The molecule has 0 heterocycles. The van der Waals surface area contributed by atoms with Crippen molar-refractivity contribution in [2.45, 2.75) is 31.2 Å². The Morgan fingerprint density at radius 1 is 1.12 bits per heavy atom. The van der Waals surface area contributed by atoms with E-state index >= 15 is 0 Å². The molecule has 2 aliphatic carbocycles. The van der Waals surface area contributed by atoms with Crippen molar-refractivity contribution >= 4 is 16.1 Å². The average Bonchev–Trinajstić information content (AvgIpc) is 2.63. The fraction of sp³-hybridized carbons (Fsp3) is 0.421. The van der Waals surface area contributed by atoms with Crippen LogP contribution in [-0.4, -0.2) is 54.0 Å². The van der Waals surface area contributed by atoms with Gasteiger partial charge in [0.25, 0.3) is 5.60 Å². The quantitative estimate of drug-likeness (QED) is 0.187. The molecule has 2 rings (SSSR count). The number of ether oxygens (including phenoxy) is 2. The van der Waals surface area contributed by atoms with Gasteiger partial charge in [-0.2, -0.15) is 26.3 Å². The molecule has 0 saturated carbocycles. The monoisotopic (exact) mass is 503 g/mol. The molecule has 0 spiro atoms. The third-order valence-electron chi connectivity index (χ3n) is 4.65. The highest BCUT2D eigenvalue weighted by molar-refractivity contribution is 7.85. The van der Waals surface area contributed by atoms with Crippen LogP contribution in [0.2, 0.25) is 0 Å². The van der Waals surface area contributed by atoms with Crippen molar-refractivity contribution in [1.29, 1.82) is 0 Å². The van der Waals surface area contributed by atoms with E-state index in [4.69, 9.17) is 4.74 Å². The Labute approximate surface area is 184 Å². The lowest BCUT2D eigenvalue weighted by molar-refractivity contribution is -0.393. The van der Waals surface area contributed by atoms with E-state index in [-0.39, 0.29) is 5.57 Å². The first-order valence-corrected chi connectivity index (χ1v) is 10.6. The normalized spacial score (nSPS) is 22.2. The number of halogens is 6. The Kier molecular flexibility index (Phi) is 7.38. The van der Waals surface area contributed by atoms with Crippen LogP contribution in [0.4, 0.5) is 26.3 Å². The summed E-state index contributed by atoms with van der Waals surface area (Å²) in [4.78, 5) is 11.9. The van der Waals surface area contributed by atoms with Gasteiger partial charge in [-0.3, -0.25) is 0 Å². The lowest BCUT2D eigenvalue weighted by atomic mass is 9.82. The Morgan fingerprint density at radius 3 is 2.03 bits per heavy atom. The second-order valence-electron chi connectivity index (χ2n) is 7.24. The molecule has 1 N–H and O–H groups in total. The molecule has 0 amide bonds. The number of alkyl halides is 6. The Bertz CT molecular complexity index is 1020. The molecule has 0 radical (unpaired) electrons. The first-order valence-electron chi connectivity index (χ1n) is 8.97. The summed E-state index contributed by atoms with van der Waals surface area (Å²) in [5.74, 6) is -6.02. The van der Waals surface area contributed by atoms with Crippen LogP contribution in [0, 0.1) is 11.8 Å². The molecular formula is C19H17F6O7S-. The lowest BCUT2D eigenvalue weighted by Gasteiger charge is -2.39. The third-order valence-corrected chi connectivity index (χ3v) is 5.41. The topological polar surface area (TPSA) is 113 Å². The SMILES string of the molecule is C=C(C)C(=O)OC1=CC2C=CC=CC2C=C1[C@@H](O)OC(CS(=O)(=O)[O-])(C(F)(F)F)C(F)(F)F. The number of hydrogen-bond donors (Lipinski definition) is 1. The number of fused-ring (bicyclic) bond motifs is 1. The van der Waals surface area contributed by atoms with Gasteiger partial charge in [0.2, 0.25) is 0 Å². The highest BCUT2D eigenvalue weighted by Crippen LogP contribution is 2.48. The third kappa shape index (κ3) is 5.93. The fourth-order valence-corrected chi connectivity index (χ4v) is 3.91. The second kappa shape index (κ2) is 9.08. The van der Waals surface area contributed by atoms with Crippen molar-refractivity contribution in [2.75, 3.05) is 5.75 Å². The first-order chi connectivity index (χ1) is 14.9. The van der Waals surface area contributed by atoms with Gasteiger partial charge in [0, 0.05) is 23.0 Å². The van der Waals surface area contributed by atoms with Crippen molar-refractivity contribution < 1.29 is 58.7 Å². The van der Waals surface area contributed by atoms with E-state index in [9.17, 15) is 49.2 Å². The number of rotatable bonds is 7. The summed E-state index contributed by atoms with van der Waals surface area (Å²) in [7, 11) is -6.16. The summed E-state index contributed by atoms with van der Waals surface area (Å²) in [6.07, 6.45) is -7.73. The minimum Gasteiger partial charge on any atom is -0.748 e. The lowest BCUT2D eigenvalue weighted by Crippen LogP contribution is -2.64. The number of allylic oxidation sites excluding steroid dienone is 6. The number of aliphatic hydroxyl groups is 1. The Hall–Kier alpha value is -2.42. The van der Waals surface area contributed by atoms with Crippen LogP contribution in [0.25, 0.3) is 0 Å². The van der Waals surface area contributed by atoms with Crippen LogP contribution in [-0.2, 0) is 24.4 Å². The molecule has 0 fully saturated rings. The van der Waals surface area contributed by atoms with Crippen molar-refractivity contribution in [1.82, 2.24) is 0 Å². The van der Waals surface area contributed by atoms with E-state index in [0.29, 0.717) is 0 Å². The van der Waals surface area contributed by atoms with Gasteiger partial charge in [0.1, 0.15) is 5.76 Å². The largest absolute Gasteiger partial charge is 0.748 e. The van der Waals surface area contributed by atoms with Gasteiger partial charge in [0.15, 0.2) is 6.29 Å². The smallest absolute Gasteiger partial charge is 0.427 e. The molecule has 33 heavy (non-hydrogen) atoms. The molecule has 7 nitrogen and oxygen atoms in total. The first kappa shape index (κ1) is 26.8. The maximum absolute atomic E-state index is 13.5. The zero-order valence-electron chi connectivity index (χ0n) is 16.7. The molecule has 2 unspecified atom stereocenters. The standard InChI is InChI=1S/C19H18F6O7S/c1-10(2)15(26)31-14-8-12-6-4-3-5-11(12)7-13(14)16(27)32-17(18(20,21)22,19(23,24)25)9-33(28,29)30/h3-8,11-12,16,27H,1,9H2,2H3,(H,28,29,30)/p-1/t11?,12?,16-/m0/s1. The van der Waals surface area contributed by atoms with E-state index in [1.54, 1.807) is 12.2 Å². The van der Waals surface area contributed by atoms with Gasteiger partial charge in [-0.1, -0.05) is 37.0 Å². The number of carbonyl (C=O) groups excluding carboxylic acids is 1. The number of aliphatic hydroxyl groups excluding tert-OH is 1. The number of carbonyl (C=O) groups is 1. The molecule has 2 aliphatic rings. The van der Waals surface area contributed by atoms with Crippen molar-refractivity contribution in [3.8, 4) is 0 Å². The van der Waals surface area contributed by atoms with Crippen LogP contribution in [0.1, 0.15) is 6.92 Å². The van der Waals surface area contributed by atoms with E-state index in [0.717, 1.165) is 12.2 Å². The molecule has 0 aromatic heterocycles. The molecule has 14 heteroatoms. The average molecular weight is 503 g/mol. The molecule has 0 bridgehead atoms. The molecule has 3 atom stereocenters. The molecule has 0 aromatic rings. The van der Waals surface area contributed by atoms with Crippen molar-refractivity contribution in [2.24, 2.45) is 11.8 Å². The summed E-state index contributed by atoms with van der Waals surface area (Å²) in [5, 5.41) is 10.3. The van der Waals surface area contributed by atoms with E-state index in [1.165, 1.54) is 19.1 Å². The molecular weight excluding hydrogens is 486 g/mol. The predicted molar refractivity (Wildman–Crippen MR) is 98.8 cm³/mol. The summed E-state index contributed by atoms with van der Waals surface area (Å²) in [5.41, 5.74) is -6.56. The predicted octanol–water partition coefficient (Wildman–Crippen LogP) is 3.03. The maximum Gasteiger partial charge on any atom is 0.427 e. The van der Waals surface area contributed by atoms with Crippen LogP contribution < -0.4 is 0 Å². The van der Waals surface area contributed by atoms with Crippen LogP contribution in [0.3, 0.4) is 0 Å². The highest BCUT2D eigenvalue weighted by atomic mass is 32.2. The van der Waals surface area contributed by atoms with E-state index < -0.39 is 69.3 Å². The zero-order valence-corrected chi connectivity index (χ0v) is 17.5. The summed E-state index contributed by atoms with van der Waals surface area (Å²) < 4.78 is 123. The minimum atomic E-state index is -6.48. The van der Waals surface area contributed by atoms with E-state index in [1.807, 2.05) is 0 Å². The Morgan fingerprint density at radius 2 is 1.61 bits per heavy atom. The second-order valence-corrected chi connectivity index (χ2v) is 8.65. The molecule has 0 aromatic carbocycles. The zero-order chi connectivity index (χ0) is 25.4. The maximum atomic E-state index is 13.5. The number of esters is 1. The van der Waals surface area contributed by atoms with Crippen LogP contribution in [0.15, 0.2) is 59.9 Å². The van der Waals surface area contributed by atoms with Gasteiger partial charge in [-0.15, -0.1) is 0 Å². The highest BCUT2D eigenvalue weighted by Gasteiger charge is 2.74. The minimum absolute atomic E-state index is 0.177. The van der Waals surface area contributed by atoms with Gasteiger partial charge in [-0.05, 0) is 13.0 Å². The van der Waals surface area contributed by atoms with Crippen molar-refractivity contribution in [3.05, 3.63) is 59.9 Å². The molecule has 0 aliphatic heterocycles.